The maximum absolute atomic E-state index is 6.28. The Bertz CT molecular complexity index is 499. The van der Waals surface area contributed by atoms with E-state index in [4.69, 9.17) is 11.6 Å². The van der Waals surface area contributed by atoms with E-state index >= 15 is 0 Å². The molecule has 0 fully saturated rings. The SMILES string of the molecule is CCCNCC(Cc1nccs1)Cc1ccccc1Cl. The average Bonchev–Trinajstić information content (AvgIpc) is 2.94. The van der Waals surface area contributed by atoms with Crippen molar-refractivity contribution < 1.29 is 0 Å². The zero-order chi connectivity index (χ0) is 14.2. The number of halogens is 1. The zero-order valence-electron chi connectivity index (χ0n) is 11.8. The van der Waals surface area contributed by atoms with Gasteiger partial charge in [-0.15, -0.1) is 11.3 Å². The minimum atomic E-state index is 0.535. The molecule has 0 radical (unpaired) electrons. The van der Waals surface area contributed by atoms with Gasteiger partial charge in [0.05, 0.1) is 5.01 Å². The van der Waals surface area contributed by atoms with E-state index in [9.17, 15) is 0 Å². The number of nitrogens with one attached hydrogen (secondary N) is 1. The van der Waals surface area contributed by atoms with E-state index in [1.807, 2.05) is 23.7 Å². The number of nitrogens with zero attached hydrogens (tertiary/aromatic N) is 1. The maximum Gasteiger partial charge on any atom is 0.0928 e. The molecular weight excluding hydrogens is 288 g/mol. The molecule has 0 saturated heterocycles. The lowest BCUT2D eigenvalue weighted by atomic mass is 9.96. The molecule has 2 aromatic rings. The number of benzene rings is 1. The Balaban J connectivity index is 1.99. The van der Waals surface area contributed by atoms with Crippen molar-refractivity contribution in [2.75, 3.05) is 13.1 Å². The Kier molecular flexibility index (Phi) is 6.51. The number of aromatic nitrogens is 1. The summed E-state index contributed by atoms with van der Waals surface area (Å²) in [5, 5.41) is 7.64. The lowest BCUT2D eigenvalue weighted by Crippen LogP contribution is -2.26. The summed E-state index contributed by atoms with van der Waals surface area (Å²) in [7, 11) is 0. The second kappa shape index (κ2) is 8.40. The van der Waals surface area contributed by atoms with E-state index in [2.05, 4.69) is 29.4 Å². The predicted molar refractivity (Wildman–Crippen MR) is 87.6 cm³/mol. The van der Waals surface area contributed by atoms with Crippen molar-refractivity contribution in [3.8, 4) is 0 Å². The van der Waals surface area contributed by atoms with Crippen molar-refractivity contribution in [3.63, 3.8) is 0 Å². The monoisotopic (exact) mass is 308 g/mol. The van der Waals surface area contributed by atoms with Crippen LogP contribution in [0.15, 0.2) is 35.8 Å². The molecule has 1 aromatic heterocycles. The van der Waals surface area contributed by atoms with Crippen LogP contribution in [-0.2, 0) is 12.8 Å². The number of hydrogen-bond acceptors (Lipinski definition) is 3. The number of thiazole rings is 1. The smallest absolute Gasteiger partial charge is 0.0928 e. The van der Waals surface area contributed by atoms with Crippen LogP contribution in [0.1, 0.15) is 23.9 Å². The fourth-order valence-corrected chi connectivity index (χ4v) is 3.22. The molecule has 1 heterocycles. The summed E-state index contributed by atoms with van der Waals surface area (Å²) in [6.45, 7) is 4.27. The van der Waals surface area contributed by atoms with Crippen molar-refractivity contribution in [3.05, 3.63) is 51.4 Å². The third-order valence-electron chi connectivity index (χ3n) is 3.27. The third-order valence-corrected chi connectivity index (χ3v) is 4.44. The molecule has 0 amide bonds. The van der Waals surface area contributed by atoms with Gasteiger partial charge < -0.3 is 5.32 Å². The first kappa shape index (κ1) is 15.5. The highest BCUT2D eigenvalue weighted by Crippen LogP contribution is 2.21. The molecule has 0 aliphatic rings. The molecule has 0 saturated carbocycles. The van der Waals surface area contributed by atoms with Gasteiger partial charge in [-0.2, -0.15) is 0 Å². The van der Waals surface area contributed by atoms with Crippen LogP contribution < -0.4 is 5.32 Å². The minimum absolute atomic E-state index is 0.535. The van der Waals surface area contributed by atoms with Crippen LogP contribution in [0.3, 0.4) is 0 Å². The van der Waals surface area contributed by atoms with Gasteiger partial charge in [0.25, 0.3) is 0 Å². The molecule has 0 aliphatic heterocycles. The lowest BCUT2D eigenvalue weighted by molar-refractivity contribution is 0.470. The van der Waals surface area contributed by atoms with Gasteiger partial charge in [0.1, 0.15) is 0 Å². The highest BCUT2D eigenvalue weighted by Gasteiger charge is 2.13. The van der Waals surface area contributed by atoms with Gasteiger partial charge in [-0.3, -0.25) is 0 Å². The van der Waals surface area contributed by atoms with Gasteiger partial charge in [-0.25, -0.2) is 4.98 Å². The Morgan fingerprint density at radius 2 is 2.15 bits per heavy atom. The second-order valence-electron chi connectivity index (χ2n) is 5.00. The Morgan fingerprint density at radius 1 is 1.30 bits per heavy atom. The molecule has 108 valence electrons. The first-order valence-corrected chi connectivity index (χ1v) is 8.37. The average molecular weight is 309 g/mol. The van der Waals surface area contributed by atoms with Crippen LogP contribution in [0.5, 0.6) is 0 Å². The highest BCUT2D eigenvalue weighted by atomic mass is 35.5. The Morgan fingerprint density at radius 3 is 2.85 bits per heavy atom. The molecule has 0 spiro atoms. The fraction of sp³-hybridized carbons (Fsp3) is 0.438. The third kappa shape index (κ3) is 4.89. The van der Waals surface area contributed by atoms with E-state index < -0.39 is 0 Å². The predicted octanol–water partition coefficient (Wildman–Crippen LogP) is 4.20. The van der Waals surface area contributed by atoms with Crippen LogP contribution in [0.2, 0.25) is 5.02 Å². The highest BCUT2D eigenvalue weighted by molar-refractivity contribution is 7.09. The summed E-state index contributed by atoms with van der Waals surface area (Å²) in [6.07, 6.45) is 5.05. The normalized spacial score (nSPS) is 12.5. The van der Waals surface area contributed by atoms with Gasteiger partial charge in [-0.05, 0) is 43.5 Å². The number of hydrogen-bond donors (Lipinski definition) is 1. The lowest BCUT2D eigenvalue weighted by Gasteiger charge is -2.17. The largest absolute Gasteiger partial charge is 0.316 e. The van der Waals surface area contributed by atoms with E-state index in [0.717, 1.165) is 37.4 Å². The van der Waals surface area contributed by atoms with Crippen LogP contribution in [0.4, 0.5) is 0 Å². The van der Waals surface area contributed by atoms with E-state index in [0.29, 0.717) is 5.92 Å². The summed E-state index contributed by atoms with van der Waals surface area (Å²) in [4.78, 5) is 4.41. The van der Waals surface area contributed by atoms with Crippen molar-refractivity contribution in [2.24, 2.45) is 5.92 Å². The summed E-state index contributed by atoms with van der Waals surface area (Å²) in [5.74, 6) is 0.535. The summed E-state index contributed by atoms with van der Waals surface area (Å²) in [5.41, 5.74) is 1.23. The molecule has 20 heavy (non-hydrogen) atoms. The van der Waals surface area contributed by atoms with Gasteiger partial charge >= 0.3 is 0 Å². The summed E-state index contributed by atoms with van der Waals surface area (Å²) in [6, 6.07) is 8.13. The van der Waals surface area contributed by atoms with Gasteiger partial charge in [0.15, 0.2) is 0 Å². The topological polar surface area (TPSA) is 24.9 Å². The molecule has 1 atom stereocenters. The molecule has 4 heteroatoms. The molecule has 0 aliphatic carbocycles. The van der Waals surface area contributed by atoms with E-state index in [-0.39, 0.29) is 0 Å². The first-order chi connectivity index (χ1) is 9.79. The van der Waals surface area contributed by atoms with Crippen molar-refractivity contribution in [1.29, 1.82) is 0 Å². The van der Waals surface area contributed by atoms with Crippen molar-refractivity contribution >= 4 is 22.9 Å². The van der Waals surface area contributed by atoms with Crippen molar-refractivity contribution in [1.82, 2.24) is 10.3 Å². The van der Waals surface area contributed by atoms with Gasteiger partial charge in [0.2, 0.25) is 0 Å². The van der Waals surface area contributed by atoms with Crippen LogP contribution >= 0.6 is 22.9 Å². The second-order valence-corrected chi connectivity index (χ2v) is 6.38. The molecule has 1 unspecified atom stereocenters. The van der Waals surface area contributed by atoms with E-state index in [1.54, 1.807) is 11.3 Å². The summed E-state index contributed by atoms with van der Waals surface area (Å²) < 4.78 is 0. The van der Waals surface area contributed by atoms with Crippen LogP contribution in [0, 0.1) is 5.92 Å². The Labute approximate surface area is 130 Å². The van der Waals surface area contributed by atoms with Crippen molar-refractivity contribution in [2.45, 2.75) is 26.2 Å². The minimum Gasteiger partial charge on any atom is -0.316 e. The molecule has 2 nitrogen and oxygen atoms in total. The molecular formula is C16H21ClN2S. The quantitative estimate of drug-likeness (QED) is 0.739. The van der Waals surface area contributed by atoms with Crippen LogP contribution in [-0.4, -0.2) is 18.1 Å². The first-order valence-electron chi connectivity index (χ1n) is 7.12. The fourth-order valence-electron chi connectivity index (χ4n) is 2.28. The van der Waals surface area contributed by atoms with Crippen LogP contribution in [0.25, 0.3) is 0 Å². The Hall–Kier alpha value is -0.900. The van der Waals surface area contributed by atoms with E-state index in [1.165, 1.54) is 10.6 Å². The standard InChI is InChI=1S/C16H21ClN2S/c1-2-7-18-12-13(11-16-19-8-9-20-16)10-14-5-3-4-6-15(14)17/h3-6,8-9,13,18H,2,7,10-12H2,1H3. The number of rotatable bonds is 8. The molecule has 2 rings (SSSR count). The van der Waals surface area contributed by atoms with Gasteiger partial charge in [-0.1, -0.05) is 36.7 Å². The van der Waals surface area contributed by atoms with Gasteiger partial charge in [0, 0.05) is 23.0 Å². The summed E-state index contributed by atoms with van der Waals surface area (Å²) >= 11 is 8.01. The molecule has 1 aromatic carbocycles. The molecule has 1 N–H and O–H groups in total. The molecule has 0 bridgehead atoms. The maximum atomic E-state index is 6.28. The zero-order valence-corrected chi connectivity index (χ0v) is 13.4.